The van der Waals surface area contributed by atoms with Crippen molar-refractivity contribution in [3.05, 3.63) is 72.1 Å². The van der Waals surface area contributed by atoms with Crippen molar-refractivity contribution < 1.29 is 4.79 Å². The Morgan fingerprint density at radius 2 is 1.93 bits per heavy atom. The van der Waals surface area contributed by atoms with Crippen LogP contribution in [0.25, 0.3) is 11.1 Å². The first-order chi connectivity index (χ1) is 13.7. The van der Waals surface area contributed by atoms with E-state index in [1.54, 1.807) is 0 Å². The fraction of sp³-hybridized carbons (Fsp3) is 0.304. The highest BCUT2D eigenvalue weighted by atomic mass is 35.5. The van der Waals surface area contributed by atoms with Gasteiger partial charge in [0.15, 0.2) is 0 Å². The minimum atomic E-state index is -0.0380. The van der Waals surface area contributed by atoms with Gasteiger partial charge in [0, 0.05) is 44.5 Å². The van der Waals surface area contributed by atoms with Gasteiger partial charge in [0.1, 0.15) is 0 Å². The molecule has 3 heterocycles. The maximum atomic E-state index is 13.4. The lowest BCUT2D eigenvalue weighted by atomic mass is 9.89. The Bertz CT molecular complexity index is 1020. The van der Waals surface area contributed by atoms with E-state index >= 15 is 0 Å². The number of nitrogens with one attached hydrogen (secondary N) is 1. The van der Waals surface area contributed by atoms with Crippen molar-refractivity contribution in [1.82, 2.24) is 15.1 Å². The summed E-state index contributed by atoms with van der Waals surface area (Å²) in [5, 5.41) is 7.70. The second kappa shape index (κ2) is 8.01. The number of fused-ring (bicyclic) bond motifs is 1. The zero-order valence-electron chi connectivity index (χ0n) is 16.4. The fourth-order valence-corrected chi connectivity index (χ4v) is 4.56. The summed E-state index contributed by atoms with van der Waals surface area (Å²) in [6, 6.07) is 16.9. The molecule has 150 valence electrons. The molecule has 0 saturated carbocycles. The minimum absolute atomic E-state index is 0. The van der Waals surface area contributed by atoms with Gasteiger partial charge in [-0.2, -0.15) is 5.10 Å². The molecule has 0 spiro atoms. The van der Waals surface area contributed by atoms with E-state index in [0.717, 1.165) is 37.3 Å². The van der Waals surface area contributed by atoms with E-state index in [-0.39, 0.29) is 30.2 Å². The molecule has 1 N–H and O–H groups in total. The Balaban J connectivity index is 0.00000205. The molecule has 5 nitrogen and oxygen atoms in total. The average molecular weight is 409 g/mol. The van der Waals surface area contributed by atoms with Crippen molar-refractivity contribution in [2.24, 2.45) is 13.0 Å². The molecule has 2 aliphatic rings. The molecule has 0 bridgehead atoms. The maximum Gasteiger partial charge on any atom is 0.232 e. The van der Waals surface area contributed by atoms with E-state index in [1.807, 2.05) is 35.1 Å². The van der Waals surface area contributed by atoms with E-state index < -0.39 is 0 Å². The van der Waals surface area contributed by atoms with E-state index in [2.05, 4.69) is 52.9 Å². The normalized spacial score (nSPS) is 20.4. The summed E-state index contributed by atoms with van der Waals surface area (Å²) in [5.41, 5.74) is 5.90. The van der Waals surface area contributed by atoms with Crippen LogP contribution in [0, 0.1) is 5.92 Å². The van der Waals surface area contributed by atoms with Crippen LogP contribution >= 0.6 is 12.4 Å². The van der Waals surface area contributed by atoms with Crippen molar-refractivity contribution in [3.8, 4) is 11.1 Å². The molecule has 3 aromatic rings. The Morgan fingerprint density at radius 3 is 2.69 bits per heavy atom. The van der Waals surface area contributed by atoms with Crippen molar-refractivity contribution in [3.63, 3.8) is 0 Å². The molecule has 1 aromatic heterocycles. The molecule has 1 fully saturated rings. The van der Waals surface area contributed by atoms with Gasteiger partial charge in [0.25, 0.3) is 0 Å². The van der Waals surface area contributed by atoms with E-state index in [0.29, 0.717) is 0 Å². The summed E-state index contributed by atoms with van der Waals surface area (Å²) in [4.78, 5) is 15.4. The van der Waals surface area contributed by atoms with Gasteiger partial charge in [0.2, 0.25) is 5.91 Å². The van der Waals surface area contributed by atoms with Gasteiger partial charge in [-0.25, -0.2) is 0 Å². The summed E-state index contributed by atoms with van der Waals surface area (Å²) in [5.74, 6) is 0.378. The average Bonchev–Trinajstić information content (AvgIpc) is 3.46. The number of anilines is 1. The summed E-state index contributed by atoms with van der Waals surface area (Å²) < 4.78 is 1.81. The van der Waals surface area contributed by atoms with Crippen LogP contribution in [0.1, 0.15) is 17.0 Å². The Kier molecular flexibility index (Phi) is 5.43. The first kappa shape index (κ1) is 19.7. The van der Waals surface area contributed by atoms with Gasteiger partial charge >= 0.3 is 0 Å². The lowest BCUT2D eigenvalue weighted by molar-refractivity contribution is -0.122. The van der Waals surface area contributed by atoms with Crippen LogP contribution in [0.15, 0.2) is 60.9 Å². The maximum absolute atomic E-state index is 13.4. The van der Waals surface area contributed by atoms with Crippen LogP contribution in [0.2, 0.25) is 0 Å². The number of hydrogen-bond acceptors (Lipinski definition) is 3. The monoisotopic (exact) mass is 408 g/mol. The molecule has 2 aliphatic heterocycles. The van der Waals surface area contributed by atoms with Crippen molar-refractivity contribution in [2.45, 2.75) is 12.3 Å². The third kappa shape index (κ3) is 3.56. The minimum Gasteiger partial charge on any atom is -0.315 e. The number of amides is 1. The van der Waals surface area contributed by atoms with Crippen LogP contribution in [0.3, 0.4) is 0 Å². The third-order valence-corrected chi connectivity index (χ3v) is 6.03. The van der Waals surface area contributed by atoms with Gasteiger partial charge in [-0.3, -0.25) is 9.48 Å². The number of aromatic nitrogens is 2. The van der Waals surface area contributed by atoms with Crippen LogP contribution in [0.5, 0.6) is 0 Å². The quantitative estimate of drug-likeness (QED) is 0.722. The summed E-state index contributed by atoms with van der Waals surface area (Å²) >= 11 is 0. The predicted molar refractivity (Wildman–Crippen MR) is 117 cm³/mol. The van der Waals surface area contributed by atoms with E-state index in [9.17, 15) is 4.79 Å². The molecule has 2 atom stereocenters. The molecule has 5 rings (SSSR count). The number of hydrogen-bond donors (Lipinski definition) is 1. The molecular weight excluding hydrogens is 384 g/mol. The molecule has 6 heteroatoms. The number of nitrogens with zero attached hydrogens (tertiary/aromatic N) is 3. The molecule has 0 unspecified atom stereocenters. The largest absolute Gasteiger partial charge is 0.315 e. The van der Waals surface area contributed by atoms with Crippen LogP contribution in [0.4, 0.5) is 5.69 Å². The fourth-order valence-electron chi connectivity index (χ4n) is 4.56. The van der Waals surface area contributed by atoms with Crippen LogP contribution < -0.4 is 10.2 Å². The Labute approximate surface area is 177 Å². The highest BCUT2D eigenvalue weighted by molar-refractivity contribution is 5.98. The molecular formula is C23H25ClN4O. The highest BCUT2D eigenvalue weighted by Gasteiger charge is 2.39. The summed E-state index contributed by atoms with van der Waals surface area (Å²) in [6.07, 6.45) is 4.84. The number of rotatable bonds is 3. The number of halogens is 1. The predicted octanol–water partition coefficient (Wildman–Crippen LogP) is 3.40. The Morgan fingerprint density at radius 1 is 1.10 bits per heavy atom. The SMILES string of the molecule is Cl.Cn1cc([C@H]2CNC[C@@H]2C(=O)N2CCc3cc(-c4ccccc4)ccc32)cn1. The molecule has 1 saturated heterocycles. The van der Waals surface area contributed by atoms with Crippen molar-refractivity contribution in [2.75, 3.05) is 24.5 Å². The summed E-state index contributed by atoms with van der Waals surface area (Å²) in [6.45, 7) is 2.32. The first-order valence-electron chi connectivity index (χ1n) is 9.90. The number of carbonyl (C=O) groups is 1. The van der Waals surface area contributed by atoms with Crippen LogP contribution in [-0.2, 0) is 18.3 Å². The van der Waals surface area contributed by atoms with E-state index in [1.165, 1.54) is 16.7 Å². The standard InChI is InChI=1S/C23H24N4O.ClH/c1-26-15-19(12-25-26)20-13-24-14-21(20)23(28)27-10-9-18-11-17(7-8-22(18)27)16-5-3-2-4-6-16;/h2-8,11-12,15,20-21,24H,9-10,13-14H2,1H3;1H/t20-,21+;/m1./s1. The van der Waals surface area contributed by atoms with Crippen molar-refractivity contribution >= 4 is 24.0 Å². The number of benzene rings is 2. The lowest BCUT2D eigenvalue weighted by Crippen LogP contribution is -2.37. The Hall–Kier alpha value is -2.63. The third-order valence-electron chi connectivity index (χ3n) is 6.03. The lowest BCUT2D eigenvalue weighted by Gasteiger charge is -2.24. The van der Waals surface area contributed by atoms with Gasteiger partial charge in [0.05, 0.1) is 12.1 Å². The van der Waals surface area contributed by atoms with Gasteiger partial charge in [-0.15, -0.1) is 12.4 Å². The molecule has 0 radical (unpaired) electrons. The topological polar surface area (TPSA) is 50.2 Å². The zero-order chi connectivity index (χ0) is 19.1. The van der Waals surface area contributed by atoms with Gasteiger partial charge in [-0.05, 0) is 40.8 Å². The smallest absolute Gasteiger partial charge is 0.232 e. The molecule has 2 aromatic carbocycles. The molecule has 29 heavy (non-hydrogen) atoms. The summed E-state index contributed by atoms with van der Waals surface area (Å²) in [7, 11) is 1.92. The number of carbonyl (C=O) groups excluding carboxylic acids is 1. The molecule has 1 amide bonds. The number of aryl methyl sites for hydroxylation is 1. The second-order valence-corrected chi connectivity index (χ2v) is 7.77. The van der Waals surface area contributed by atoms with Gasteiger partial charge in [-0.1, -0.05) is 36.4 Å². The van der Waals surface area contributed by atoms with Crippen LogP contribution in [-0.4, -0.2) is 35.3 Å². The molecule has 0 aliphatic carbocycles. The highest BCUT2D eigenvalue weighted by Crippen LogP contribution is 2.36. The van der Waals surface area contributed by atoms with E-state index in [4.69, 9.17) is 0 Å². The second-order valence-electron chi connectivity index (χ2n) is 7.77. The zero-order valence-corrected chi connectivity index (χ0v) is 17.2. The van der Waals surface area contributed by atoms with Gasteiger partial charge < -0.3 is 10.2 Å². The van der Waals surface area contributed by atoms with Crippen molar-refractivity contribution in [1.29, 1.82) is 0 Å². The first-order valence-corrected chi connectivity index (χ1v) is 9.90.